The van der Waals surface area contributed by atoms with Crippen molar-refractivity contribution in [3.63, 3.8) is 0 Å². The van der Waals surface area contributed by atoms with Crippen LogP contribution in [0.2, 0.25) is 10.0 Å². The zero-order valence-electron chi connectivity index (χ0n) is 10.6. The molecule has 0 amide bonds. The Bertz CT molecular complexity index is 782. The highest BCUT2D eigenvalue weighted by molar-refractivity contribution is 7.92. The van der Waals surface area contributed by atoms with Crippen molar-refractivity contribution in [2.45, 2.75) is 11.4 Å². The zero-order valence-corrected chi connectivity index (χ0v) is 12.9. The van der Waals surface area contributed by atoms with Gasteiger partial charge in [-0.25, -0.2) is 12.8 Å². The first-order valence-corrected chi connectivity index (χ1v) is 8.04. The van der Waals surface area contributed by atoms with Gasteiger partial charge in [0.2, 0.25) is 0 Å². The Kier molecular flexibility index (Phi) is 4.73. The molecule has 0 fully saturated rings. The predicted molar refractivity (Wildman–Crippen MR) is 81.6 cm³/mol. The summed E-state index contributed by atoms with van der Waals surface area (Å²) in [6.07, 6.45) is 0. The number of hydrogen-bond donors (Lipinski definition) is 2. The van der Waals surface area contributed by atoms with Gasteiger partial charge in [0.25, 0.3) is 10.0 Å². The number of rotatable bonds is 4. The molecule has 0 spiro atoms. The second kappa shape index (κ2) is 6.19. The molecule has 0 aliphatic heterocycles. The molecule has 0 heterocycles. The molecule has 2 aromatic rings. The monoisotopic (exact) mass is 348 g/mol. The van der Waals surface area contributed by atoms with Crippen molar-refractivity contribution in [1.82, 2.24) is 0 Å². The van der Waals surface area contributed by atoms with Gasteiger partial charge in [-0.2, -0.15) is 0 Å². The number of sulfonamides is 1. The molecule has 8 heteroatoms. The summed E-state index contributed by atoms with van der Waals surface area (Å²) in [5.41, 5.74) is 5.73. The third-order valence-electron chi connectivity index (χ3n) is 2.72. The minimum atomic E-state index is -3.96. The molecule has 112 valence electrons. The van der Waals surface area contributed by atoms with Crippen LogP contribution < -0.4 is 10.5 Å². The molecule has 0 aliphatic rings. The van der Waals surface area contributed by atoms with Gasteiger partial charge in [-0.1, -0.05) is 23.2 Å². The maximum atomic E-state index is 13.6. The number of halogens is 3. The van der Waals surface area contributed by atoms with Crippen LogP contribution in [-0.2, 0) is 16.6 Å². The van der Waals surface area contributed by atoms with Crippen LogP contribution in [-0.4, -0.2) is 8.42 Å². The van der Waals surface area contributed by atoms with Crippen LogP contribution in [0.1, 0.15) is 5.56 Å². The second-order valence-corrected chi connectivity index (χ2v) is 6.71. The van der Waals surface area contributed by atoms with Crippen molar-refractivity contribution in [1.29, 1.82) is 0 Å². The van der Waals surface area contributed by atoms with Crippen molar-refractivity contribution in [3.8, 4) is 0 Å². The van der Waals surface area contributed by atoms with Gasteiger partial charge in [-0.3, -0.25) is 4.72 Å². The van der Waals surface area contributed by atoms with Crippen LogP contribution in [0.5, 0.6) is 0 Å². The third-order valence-corrected chi connectivity index (χ3v) is 4.69. The van der Waals surface area contributed by atoms with Gasteiger partial charge in [0, 0.05) is 16.6 Å². The van der Waals surface area contributed by atoms with Gasteiger partial charge in [-0.15, -0.1) is 0 Å². The lowest BCUT2D eigenvalue weighted by Gasteiger charge is -2.11. The van der Waals surface area contributed by atoms with E-state index in [2.05, 4.69) is 4.72 Å². The molecule has 0 aliphatic carbocycles. The summed E-state index contributed by atoms with van der Waals surface area (Å²) in [4.78, 5) is -0.0632. The molecule has 0 atom stereocenters. The van der Waals surface area contributed by atoms with Crippen LogP contribution in [0.4, 0.5) is 10.1 Å². The fraction of sp³-hybridized carbons (Fsp3) is 0.0769. The number of hydrogen-bond acceptors (Lipinski definition) is 3. The number of nitrogens with one attached hydrogen (secondary N) is 1. The molecular formula is C13H11Cl2FN2O2S. The highest BCUT2D eigenvalue weighted by atomic mass is 35.5. The van der Waals surface area contributed by atoms with E-state index in [4.69, 9.17) is 28.9 Å². The fourth-order valence-electron chi connectivity index (χ4n) is 1.65. The molecule has 3 N–H and O–H groups in total. The molecule has 2 rings (SSSR count). The minimum absolute atomic E-state index is 0.0632. The number of anilines is 1. The zero-order chi connectivity index (χ0) is 15.6. The molecule has 0 aromatic heterocycles. The van der Waals surface area contributed by atoms with E-state index in [1.165, 1.54) is 30.3 Å². The Hall–Kier alpha value is -1.34. The topological polar surface area (TPSA) is 72.2 Å². The lowest BCUT2D eigenvalue weighted by atomic mass is 10.2. The fourth-order valence-corrected chi connectivity index (χ4v) is 3.13. The van der Waals surface area contributed by atoms with Crippen molar-refractivity contribution >= 4 is 38.9 Å². The van der Waals surface area contributed by atoms with Crippen LogP contribution in [0, 0.1) is 5.82 Å². The second-order valence-electron chi connectivity index (χ2n) is 4.19. The Morgan fingerprint density at radius 2 is 1.86 bits per heavy atom. The smallest absolute Gasteiger partial charge is 0.261 e. The van der Waals surface area contributed by atoms with Crippen LogP contribution in [0.15, 0.2) is 41.3 Å². The molecule has 21 heavy (non-hydrogen) atoms. The number of nitrogens with two attached hydrogens (primary N) is 1. The van der Waals surface area contributed by atoms with E-state index in [0.717, 1.165) is 6.07 Å². The first-order valence-electron chi connectivity index (χ1n) is 5.80. The van der Waals surface area contributed by atoms with Gasteiger partial charge in [0.15, 0.2) is 0 Å². The van der Waals surface area contributed by atoms with Crippen molar-refractivity contribution in [2.24, 2.45) is 5.73 Å². The van der Waals surface area contributed by atoms with E-state index in [-0.39, 0.29) is 22.2 Å². The van der Waals surface area contributed by atoms with Crippen molar-refractivity contribution in [3.05, 3.63) is 57.8 Å². The van der Waals surface area contributed by atoms with E-state index < -0.39 is 15.8 Å². The molecule has 0 radical (unpaired) electrons. The maximum Gasteiger partial charge on any atom is 0.261 e. The Balaban J connectivity index is 2.41. The van der Waals surface area contributed by atoms with Crippen LogP contribution in [0.25, 0.3) is 0 Å². The first-order chi connectivity index (χ1) is 9.83. The Morgan fingerprint density at radius 1 is 1.14 bits per heavy atom. The molecule has 0 saturated carbocycles. The quantitative estimate of drug-likeness (QED) is 0.889. The molecule has 0 saturated heterocycles. The van der Waals surface area contributed by atoms with E-state index >= 15 is 0 Å². The van der Waals surface area contributed by atoms with Crippen LogP contribution >= 0.6 is 23.2 Å². The van der Waals surface area contributed by atoms with Gasteiger partial charge in [0.05, 0.1) is 10.6 Å². The summed E-state index contributed by atoms with van der Waals surface area (Å²) in [6.45, 7) is 0.0910. The molecule has 0 unspecified atom stereocenters. The van der Waals surface area contributed by atoms with E-state index in [1.54, 1.807) is 0 Å². The lowest BCUT2D eigenvalue weighted by Crippen LogP contribution is -2.14. The highest BCUT2D eigenvalue weighted by Gasteiger charge is 2.17. The summed E-state index contributed by atoms with van der Waals surface area (Å²) < 4.78 is 40.2. The summed E-state index contributed by atoms with van der Waals surface area (Å²) >= 11 is 11.6. The summed E-state index contributed by atoms with van der Waals surface area (Å²) in [5.74, 6) is -0.726. The van der Waals surface area contributed by atoms with E-state index in [1.807, 2.05) is 0 Å². The predicted octanol–water partition coefficient (Wildman–Crippen LogP) is 3.39. The average Bonchev–Trinajstić information content (AvgIpc) is 2.43. The van der Waals surface area contributed by atoms with Gasteiger partial charge < -0.3 is 5.73 Å². The SMILES string of the molecule is NCc1cc(S(=O)(=O)Nc2cc(Cl)ccc2F)ccc1Cl. The summed E-state index contributed by atoms with van der Waals surface area (Å²) in [7, 11) is -3.96. The first kappa shape index (κ1) is 16.0. The normalized spacial score (nSPS) is 11.4. The minimum Gasteiger partial charge on any atom is -0.326 e. The standard InChI is InChI=1S/C13H11Cl2FN2O2S/c14-9-1-4-12(16)13(6-9)18-21(19,20)10-2-3-11(15)8(5-10)7-17/h1-6,18H,7,17H2. The van der Waals surface area contributed by atoms with Gasteiger partial charge in [0.1, 0.15) is 5.82 Å². The molecule has 2 aromatic carbocycles. The Labute approximate surface area is 131 Å². The molecule has 0 bridgehead atoms. The maximum absolute atomic E-state index is 13.6. The van der Waals surface area contributed by atoms with E-state index in [9.17, 15) is 12.8 Å². The average molecular weight is 349 g/mol. The number of benzene rings is 2. The highest BCUT2D eigenvalue weighted by Crippen LogP contribution is 2.25. The molecular weight excluding hydrogens is 338 g/mol. The molecule has 4 nitrogen and oxygen atoms in total. The largest absolute Gasteiger partial charge is 0.326 e. The Morgan fingerprint density at radius 3 is 2.52 bits per heavy atom. The summed E-state index contributed by atoms with van der Waals surface area (Å²) in [6, 6.07) is 7.66. The third kappa shape index (κ3) is 3.65. The lowest BCUT2D eigenvalue weighted by molar-refractivity contribution is 0.598. The van der Waals surface area contributed by atoms with Crippen molar-refractivity contribution in [2.75, 3.05) is 4.72 Å². The van der Waals surface area contributed by atoms with Gasteiger partial charge in [-0.05, 0) is 42.0 Å². The van der Waals surface area contributed by atoms with E-state index in [0.29, 0.717) is 10.6 Å². The van der Waals surface area contributed by atoms with Crippen molar-refractivity contribution < 1.29 is 12.8 Å². The summed E-state index contributed by atoms with van der Waals surface area (Å²) in [5, 5.41) is 0.582. The van der Waals surface area contributed by atoms with Crippen LogP contribution in [0.3, 0.4) is 0 Å². The van der Waals surface area contributed by atoms with Gasteiger partial charge >= 0.3 is 0 Å².